The summed E-state index contributed by atoms with van der Waals surface area (Å²) in [5, 5.41) is 20.8. The molecule has 0 saturated carbocycles. The second kappa shape index (κ2) is 6.98. The highest BCUT2D eigenvalue weighted by atomic mass is 19.1. The van der Waals surface area contributed by atoms with Gasteiger partial charge in [0.05, 0.1) is 6.20 Å². The molecule has 1 saturated heterocycles. The molecule has 0 amide bonds. The van der Waals surface area contributed by atoms with Gasteiger partial charge in [-0.2, -0.15) is 4.39 Å². The van der Waals surface area contributed by atoms with Crippen molar-refractivity contribution in [3.8, 4) is 0 Å². The second-order valence-electron chi connectivity index (χ2n) is 5.82. The van der Waals surface area contributed by atoms with Gasteiger partial charge < -0.3 is 14.9 Å². The first-order chi connectivity index (χ1) is 11.7. The fraction of sp³-hybridized carbons (Fsp3) is 0.600. The number of Topliss-reactive ketones (excluding diaryl/α,β-unsaturated/α-hetero) is 2. The molecule has 1 aromatic heterocycles. The summed E-state index contributed by atoms with van der Waals surface area (Å²) in [5.41, 5.74) is -4.47. The Morgan fingerprint density at radius 2 is 2.08 bits per heavy atom. The normalized spacial score (nSPS) is 27.2. The number of halogens is 1. The number of aliphatic hydroxyl groups excluding tert-OH is 1. The van der Waals surface area contributed by atoms with E-state index in [4.69, 9.17) is 4.74 Å². The maximum atomic E-state index is 13.5. The molecule has 9 nitrogen and oxygen atoms in total. The first-order valence-corrected chi connectivity index (χ1v) is 7.78. The average Bonchev–Trinajstić information content (AvgIpc) is 2.94. The van der Waals surface area contributed by atoms with E-state index < -0.39 is 59.1 Å². The van der Waals surface area contributed by atoms with Crippen molar-refractivity contribution < 1.29 is 28.9 Å². The van der Waals surface area contributed by atoms with Gasteiger partial charge in [0.25, 0.3) is 5.56 Å². The van der Waals surface area contributed by atoms with Gasteiger partial charge in [0.1, 0.15) is 18.4 Å². The van der Waals surface area contributed by atoms with Gasteiger partial charge in [-0.05, 0) is 0 Å². The van der Waals surface area contributed by atoms with E-state index in [0.29, 0.717) is 10.8 Å². The molecule has 0 aromatic carbocycles. The molecule has 0 radical (unpaired) electrons. The molecule has 1 aromatic rings. The lowest BCUT2D eigenvalue weighted by molar-refractivity contribution is -0.160. The van der Waals surface area contributed by atoms with Crippen LogP contribution in [0.5, 0.6) is 0 Å². The molecule has 1 aliphatic rings. The predicted molar refractivity (Wildman–Crippen MR) is 81.4 cm³/mol. The van der Waals surface area contributed by atoms with E-state index in [-0.39, 0.29) is 12.8 Å². The molecule has 138 valence electrons. The summed E-state index contributed by atoms with van der Waals surface area (Å²) in [4.78, 5) is 48.7. The Labute approximate surface area is 141 Å². The topological polar surface area (TPSA) is 139 Å². The Balaban J connectivity index is 2.47. The molecule has 0 aliphatic carbocycles. The van der Waals surface area contributed by atoms with Crippen LogP contribution in [-0.2, 0) is 14.3 Å². The van der Waals surface area contributed by atoms with Crippen molar-refractivity contribution in [1.82, 2.24) is 9.55 Å². The van der Waals surface area contributed by atoms with E-state index in [0.717, 1.165) is 0 Å². The molecule has 25 heavy (non-hydrogen) atoms. The van der Waals surface area contributed by atoms with Gasteiger partial charge in [0.15, 0.2) is 17.2 Å². The number of H-pyrrole nitrogens is 1. The van der Waals surface area contributed by atoms with Crippen molar-refractivity contribution >= 4 is 11.6 Å². The number of aromatic amines is 1. The average molecular weight is 358 g/mol. The van der Waals surface area contributed by atoms with Crippen molar-refractivity contribution in [2.45, 2.75) is 57.1 Å². The highest BCUT2D eigenvalue weighted by molar-refractivity contribution is 5.90. The van der Waals surface area contributed by atoms with Gasteiger partial charge in [0, 0.05) is 19.3 Å². The molecule has 3 N–H and O–H groups in total. The Kier molecular flexibility index (Phi) is 5.35. The number of nitrogens with zero attached hydrogens (tertiary/aromatic N) is 1. The lowest BCUT2D eigenvalue weighted by Gasteiger charge is -2.29. The van der Waals surface area contributed by atoms with E-state index in [1.807, 2.05) is 0 Å². The third-order valence-corrected chi connectivity index (χ3v) is 4.26. The number of hydrogen-bond donors (Lipinski definition) is 3. The lowest BCUT2D eigenvalue weighted by Crippen LogP contribution is -2.53. The molecule has 2 heterocycles. The number of nitrogens with one attached hydrogen (secondary N) is 1. The summed E-state index contributed by atoms with van der Waals surface area (Å²) in [7, 11) is 0. The number of hydrogen-bond acceptors (Lipinski definition) is 7. The minimum Gasteiger partial charge on any atom is -0.382 e. The van der Waals surface area contributed by atoms with Crippen molar-refractivity contribution in [1.29, 1.82) is 0 Å². The van der Waals surface area contributed by atoms with Crippen molar-refractivity contribution in [2.24, 2.45) is 0 Å². The number of carbonyl (C=O) groups excluding carboxylic acids is 2. The highest BCUT2D eigenvalue weighted by Crippen LogP contribution is 2.39. The number of ketones is 2. The molecular weight excluding hydrogens is 339 g/mol. The van der Waals surface area contributed by atoms with Gasteiger partial charge in [-0.3, -0.25) is 23.9 Å². The number of aromatic nitrogens is 2. The molecule has 1 fully saturated rings. The number of carbonyl (C=O) groups is 2. The zero-order valence-electron chi connectivity index (χ0n) is 13.7. The Bertz CT molecular complexity index is 802. The Morgan fingerprint density at radius 1 is 1.44 bits per heavy atom. The molecule has 0 bridgehead atoms. The Hall–Kier alpha value is -2.17. The van der Waals surface area contributed by atoms with E-state index in [2.05, 4.69) is 0 Å². The van der Waals surface area contributed by atoms with E-state index >= 15 is 0 Å². The summed E-state index contributed by atoms with van der Waals surface area (Å²) in [6.07, 6.45) is -4.81. The lowest BCUT2D eigenvalue weighted by atomic mass is 9.84. The summed E-state index contributed by atoms with van der Waals surface area (Å²) < 4.78 is 19.5. The minimum atomic E-state index is -2.23. The minimum absolute atomic E-state index is 0.0602. The zero-order chi connectivity index (χ0) is 18.9. The smallest absolute Gasteiger partial charge is 0.330 e. The third-order valence-electron chi connectivity index (χ3n) is 4.26. The van der Waals surface area contributed by atoms with E-state index in [1.165, 1.54) is 13.8 Å². The monoisotopic (exact) mass is 358 g/mol. The van der Waals surface area contributed by atoms with Crippen LogP contribution in [0.4, 0.5) is 4.39 Å². The van der Waals surface area contributed by atoms with Crippen LogP contribution in [0.15, 0.2) is 15.8 Å². The summed E-state index contributed by atoms with van der Waals surface area (Å²) in [6, 6.07) is 0. The zero-order valence-corrected chi connectivity index (χ0v) is 13.7. The second-order valence-corrected chi connectivity index (χ2v) is 5.82. The van der Waals surface area contributed by atoms with Crippen molar-refractivity contribution in [2.75, 3.05) is 0 Å². The van der Waals surface area contributed by atoms with Crippen LogP contribution >= 0.6 is 0 Å². The van der Waals surface area contributed by atoms with Crippen LogP contribution in [0.25, 0.3) is 0 Å². The third kappa shape index (κ3) is 3.32. The summed E-state index contributed by atoms with van der Waals surface area (Å²) in [6.45, 7) is 2.96. The predicted octanol–water partition coefficient (Wildman–Crippen LogP) is -0.987. The molecule has 4 atom stereocenters. The number of ether oxygens (including phenoxy) is 1. The van der Waals surface area contributed by atoms with Crippen LogP contribution in [0.3, 0.4) is 0 Å². The van der Waals surface area contributed by atoms with Crippen LogP contribution in [0.2, 0.25) is 0 Å². The maximum Gasteiger partial charge on any atom is 0.330 e. The van der Waals surface area contributed by atoms with E-state index in [9.17, 15) is 33.8 Å². The molecule has 1 unspecified atom stereocenters. The van der Waals surface area contributed by atoms with Crippen molar-refractivity contribution in [3.63, 3.8) is 0 Å². The summed E-state index contributed by atoms with van der Waals surface area (Å²) >= 11 is 0. The molecule has 1 aliphatic heterocycles. The van der Waals surface area contributed by atoms with Gasteiger partial charge in [-0.1, -0.05) is 13.8 Å². The molecule has 10 heteroatoms. The standard InChI is InChI=1S/C15H19FN2O7/c1-3-8(19)11(21)12-15(24,9(20)4-2)5-10(25-12)18-6-7(16)13(22)17-14(18)23/h6,10-12,21,24H,3-5H2,1-2H3,(H,17,22,23)/t10-,11?,12-,15-/m1/s1. The van der Waals surface area contributed by atoms with E-state index in [1.54, 1.807) is 4.98 Å². The van der Waals surface area contributed by atoms with Gasteiger partial charge in [-0.15, -0.1) is 0 Å². The SMILES string of the molecule is CCC(=O)C(O)[C@H]1O[C@@H](n2cc(F)c(=O)[nH]c2=O)C[C@@]1(O)C(=O)CC. The fourth-order valence-corrected chi connectivity index (χ4v) is 2.84. The van der Waals surface area contributed by atoms with Crippen LogP contribution in [0.1, 0.15) is 39.3 Å². The van der Waals surface area contributed by atoms with Gasteiger partial charge >= 0.3 is 5.69 Å². The Morgan fingerprint density at radius 3 is 2.64 bits per heavy atom. The largest absolute Gasteiger partial charge is 0.382 e. The van der Waals surface area contributed by atoms with Crippen LogP contribution < -0.4 is 11.2 Å². The fourth-order valence-electron chi connectivity index (χ4n) is 2.84. The first kappa shape index (κ1) is 19.2. The first-order valence-electron chi connectivity index (χ1n) is 7.78. The van der Waals surface area contributed by atoms with Crippen molar-refractivity contribution in [3.05, 3.63) is 32.9 Å². The quantitative estimate of drug-likeness (QED) is 0.593. The van der Waals surface area contributed by atoms with Crippen LogP contribution in [0, 0.1) is 5.82 Å². The summed E-state index contributed by atoms with van der Waals surface area (Å²) in [5.74, 6) is -2.61. The van der Waals surface area contributed by atoms with Gasteiger partial charge in [0.2, 0.25) is 5.82 Å². The molecule has 0 spiro atoms. The highest BCUT2D eigenvalue weighted by Gasteiger charge is 2.56. The molecule has 2 rings (SSSR count). The van der Waals surface area contributed by atoms with Gasteiger partial charge in [-0.25, -0.2) is 4.79 Å². The number of aliphatic hydroxyl groups is 2. The molecular formula is C15H19FN2O7. The van der Waals surface area contributed by atoms with Crippen LogP contribution in [-0.4, -0.2) is 49.1 Å². The maximum absolute atomic E-state index is 13.5. The number of rotatable bonds is 6.